The fourth-order valence-electron chi connectivity index (χ4n) is 9.72. The Bertz CT molecular complexity index is 1960. The van der Waals surface area contributed by atoms with Crippen molar-refractivity contribution < 1.29 is 38.3 Å². The van der Waals surface area contributed by atoms with Gasteiger partial charge in [0, 0.05) is 24.9 Å². The highest BCUT2D eigenvalue weighted by Crippen LogP contribution is 2.49. The fraction of sp³-hybridized carbons (Fsp3) is 0.452. The minimum Gasteiger partial charge on any atom is -0.475 e. The number of aliphatic carboxylic acids is 1. The maximum Gasteiger partial charge on any atom is 0.415 e. The Balaban J connectivity index is 1.39. The zero-order valence-corrected chi connectivity index (χ0v) is 31.1. The number of carbonyl (C=O) groups excluding carboxylic acids is 4. The summed E-state index contributed by atoms with van der Waals surface area (Å²) in [5.41, 5.74) is 1.31. The van der Waals surface area contributed by atoms with E-state index in [4.69, 9.17) is 4.74 Å². The molecule has 2 N–H and O–H groups in total. The second kappa shape index (κ2) is 13.5. The third kappa shape index (κ3) is 5.85. The normalized spacial score (nSPS) is 29.3. The number of hydrogen-bond donors (Lipinski definition) is 2. The van der Waals surface area contributed by atoms with Gasteiger partial charge in [-0.25, -0.2) is 18.9 Å². The van der Waals surface area contributed by atoms with Crippen molar-refractivity contribution in [3.8, 4) is 0 Å². The molecule has 0 radical (unpaired) electrons. The van der Waals surface area contributed by atoms with Gasteiger partial charge in [-0.1, -0.05) is 72.8 Å². The van der Waals surface area contributed by atoms with Gasteiger partial charge in [-0.2, -0.15) is 0 Å². The van der Waals surface area contributed by atoms with E-state index in [1.165, 1.54) is 11.8 Å². The second-order valence-electron chi connectivity index (χ2n) is 16.1. The third-order valence-corrected chi connectivity index (χ3v) is 11.9. The van der Waals surface area contributed by atoms with Gasteiger partial charge in [0.2, 0.25) is 5.91 Å². The summed E-state index contributed by atoms with van der Waals surface area (Å²) in [7, 11) is 0. The van der Waals surface area contributed by atoms with Crippen LogP contribution in [0, 0.1) is 5.92 Å². The van der Waals surface area contributed by atoms with Gasteiger partial charge in [0.1, 0.15) is 35.9 Å². The van der Waals surface area contributed by atoms with Gasteiger partial charge in [-0.05, 0) is 76.6 Å². The standard InChI is InChI=1S/C42H48N4O7/c1-26-23-29-15-9-10-17-31(29)25-46(26,42(39(50)51)32(27(2)47)21-22-43-42)38(49)35-20-19-34(28-13-7-6-8-14-28)44(35)37(48)36-24-30-16-11-12-18-33(30)45(36)40(52)53-41(3,4)5/h6-18,26,32,34-36,43H,19-25H2,1-5H3/p+1/t26-,32?,34+,35-,36-,42-,46?/m1/s1. The van der Waals surface area contributed by atoms with Crippen LogP contribution in [0.25, 0.3) is 0 Å². The summed E-state index contributed by atoms with van der Waals surface area (Å²) in [4.78, 5) is 75.6. The molecule has 53 heavy (non-hydrogen) atoms. The van der Waals surface area contributed by atoms with Crippen LogP contribution >= 0.6 is 0 Å². The molecule has 2 unspecified atom stereocenters. The second-order valence-corrected chi connectivity index (χ2v) is 16.1. The highest BCUT2D eigenvalue weighted by molar-refractivity contribution is 6.02. The Morgan fingerprint density at radius 1 is 0.830 bits per heavy atom. The van der Waals surface area contributed by atoms with Crippen LogP contribution in [0.5, 0.6) is 0 Å². The van der Waals surface area contributed by atoms with E-state index >= 15 is 9.59 Å². The van der Waals surface area contributed by atoms with E-state index in [-0.39, 0.29) is 38.1 Å². The first-order valence-electron chi connectivity index (χ1n) is 18.7. The van der Waals surface area contributed by atoms with Gasteiger partial charge in [-0.15, -0.1) is 0 Å². The summed E-state index contributed by atoms with van der Waals surface area (Å²) in [5.74, 6) is -3.35. The van der Waals surface area contributed by atoms with Crippen molar-refractivity contribution in [2.45, 2.75) is 109 Å². The summed E-state index contributed by atoms with van der Waals surface area (Å²) in [6.45, 7) is 8.91. The van der Waals surface area contributed by atoms with Crippen LogP contribution in [0.3, 0.4) is 0 Å². The number of carbonyl (C=O) groups is 5. The van der Waals surface area contributed by atoms with Crippen molar-refractivity contribution in [1.82, 2.24) is 10.2 Å². The molecule has 2 saturated heterocycles. The highest BCUT2D eigenvalue weighted by Gasteiger charge is 2.72. The molecule has 3 aromatic carbocycles. The summed E-state index contributed by atoms with van der Waals surface area (Å²) >= 11 is 0. The number of amides is 3. The van der Waals surface area contributed by atoms with Crippen molar-refractivity contribution in [3.63, 3.8) is 0 Å². The molecule has 3 amide bonds. The van der Waals surface area contributed by atoms with E-state index < -0.39 is 69.7 Å². The van der Waals surface area contributed by atoms with E-state index in [1.807, 2.05) is 79.7 Å². The summed E-state index contributed by atoms with van der Waals surface area (Å²) in [6.07, 6.45) is 0.986. The number of Topliss-reactive ketones (excluding diaryl/α,β-unsaturated/α-hetero) is 1. The minimum atomic E-state index is -1.96. The lowest BCUT2D eigenvalue weighted by Crippen LogP contribution is -2.82. The maximum atomic E-state index is 16.0. The molecular weight excluding hydrogens is 672 g/mol. The van der Waals surface area contributed by atoms with Gasteiger partial charge >= 0.3 is 18.0 Å². The molecule has 0 aliphatic carbocycles. The first kappa shape index (κ1) is 36.5. The predicted octanol–water partition coefficient (Wildman–Crippen LogP) is 5.55. The highest BCUT2D eigenvalue weighted by atomic mass is 16.6. The molecular formula is C42H49N4O7+. The molecule has 278 valence electrons. The molecule has 0 bridgehead atoms. The van der Waals surface area contributed by atoms with E-state index in [2.05, 4.69) is 5.32 Å². The number of nitrogens with zero attached hydrogens (tertiary/aromatic N) is 3. The van der Waals surface area contributed by atoms with Gasteiger partial charge in [-0.3, -0.25) is 19.8 Å². The fourth-order valence-corrected chi connectivity index (χ4v) is 9.72. The lowest BCUT2D eigenvalue weighted by atomic mass is 9.79. The Hall–Kier alpha value is -4.87. The molecule has 11 heteroatoms. The first-order valence-corrected chi connectivity index (χ1v) is 18.7. The Morgan fingerprint density at radius 2 is 1.47 bits per heavy atom. The number of para-hydroxylation sites is 1. The lowest BCUT2D eigenvalue weighted by Gasteiger charge is -2.55. The Morgan fingerprint density at radius 3 is 2.13 bits per heavy atom. The van der Waals surface area contributed by atoms with Crippen molar-refractivity contribution in [2.24, 2.45) is 5.92 Å². The number of carboxylic acid groups (broad SMARTS) is 1. The number of benzene rings is 3. The average molecular weight is 722 g/mol. The van der Waals surface area contributed by atoms with Crippen molar-refractivity contribution >= 4 is 35.3 Å². The number of fused-ring (bicyclic) bond motifs is 2. The van der Waals surface area contributed by atoms with Crippen molar-refractivity contribution in [3.05, 3.63) is 101 Å². The molecule has 4 heterocycles. The van der Waals surface area contributed by atoms with Crippen LogP contribution in [0.2, 0.25) is 0 Å². The Labute approximate surface area is 310 Å². The molecule has 7 atom stereocenters. The molecule has 3 aromatic rings. The summed E-state index contributed by atoms with van der Waals surface area (Å²) < 4.78 is 5.29. The number of likely N-dealkylation sites (tertiary alicyclic amines) is 1. The van der Waals surface area contributed by atoms with Crippen LogP contribution in [-0.4, -0.2) is 80.1 Å². The van der Waals surface area contributed by atoms with Gasteiger partial charge in [0.15, 0.2) is 0 Å². The van der Waals surface area contributed by atoms with E-state index in [0.717, 1.165) is 22.3 Å². The Kier molecular flexibility index (Phi) is 9.31. The molecule has 4 aliphatic heterocycles. The van der Waals surface area contributed by atoms with Crippen LogP contribution in [0.1, 0.15) is 82.2 Å². The number of ether oxygens (including phenoxy) is 1. The first-order chi connectivity index (χ1) is 25.2. The van der Waals surface area contributed by atoms with E-state index in [9.17, 15) is 19.5 Å². The number of carboxylic acids is 1. The van der Waals surface area contributed by atoms with Gasteiger partial charge < -0.3 is 14.7 Å². The van der Waals surface area contributed by atoms with E-state index in [0.29, 0.717) is 18.5 Å². The molecule has 2 fully saturated rings. The van der Waals surface area contributed by atoms with Crippen LogP contribution in [0.15, 0.2) is 78.9 Å². The number of quaternary nitrogens is 1. The SMILES string of the molecule is CC(=O)C1CCN[C@@]1(C(=O)O)[N+]1(C(=O)[C@H]2CC[C@@H](c3ccccc3)N2C(=O)[C@H]2Cc3ccccc3N2C(=O)OC(C)(C)C)Cc2ccccc2C[C@H]1C. The zero-order chi connectivity index (χ0) is 37.9. The smallest absolute Gasteiger partial charge is 0.415 e. The number of ketones is 1. The van der Waals surface area contributed by atoms with Crippen molar-refractivity contribution in [2.75, 3.05) is 11.4 Å². The number of rotatable bonds is 6. The van der Waals surface area contributed by atoms with Crippen LogP contribution in [-0.2, 0) is 43.3 Å². The van der Waals surface area contributed by atoms with Crippen molar-refractivity contribution in [1.29, 1.82) is 0 Å². The lowest BCUT2D eigenvalue weighted by molar-refractivity contribution is -0.938. The maximum absolute atomic E-state index is 16.0. The molecule has 0 saturated carbocycles. The molecule has 0 spiro atoms. The van der Waals surface area contributed by atoms with Crippen LogP contribution in [0.4, 0.5) is 10.5 Å². The number of hydrogen-bond acceptors (Lipinski definition) is 7. The monoisotopic (exact) mass is 721 g/mol. The minimum absolute atomic E-state index is 0.0483. The molecule has 4 aliphatic rings. The van der Waals surface area contributed by atoms with Gasteiger partial charge in [0.05, 0.1) is 17.8 Å². The largest absolute Gasteiger partial charge is 0.475 e. The predicted molar refractivity (Wildman–Crippen MR) is 197 cm³/mol. The topological polar surface area (TPSA) is 133 Å². The average Bonchev–Trinajstić information content (AvgIpc) is 3.87. The number of anilines is 1. The van der Waals surface area contributed by atoms with Crippen LogP contribution < -0.4 is 10.2 Å². The zero-order valence-electron chi connectivity index (χ0n) is 31.1. The summed E-state index contributed by atoms with van der Waals surface area (Å²) in [6, 6.07) is 21.5. The van der Waals surface area contributed by atoms with E-state index in [1.54, 1.807) is 31.7 Å². The summed E-state index contributed by atoms with van der Waals surface area (Å²) in [5, 5.41) is 14.5. The molecule has 11 nitrogen and oxygen atoms in total. The quantitative estimate of drug-likeness (QED) is 0.317. The molecule has 7 rings (SSSR count). The van der Waals surface area contributed by atoms with Gasteiger partial charge in [0.25, 0.3) is 5.66 Å². The molecule has 0 aromatic heterocycles. The third-order valence-electron chi connectivity index (χ3n) is 11.9. The number of nitrogens with one attached hydrogen (secondary N) is 1.